The lowest BCUT2D eigenvalue weighted by Crippen LogP contribution is -2.24. The van der Waals surface area contributed by atoms with Gasteiger partial charge in [-0.2, -0.15) is 0 Å². The molecule has 0 saturated heterocycles. The number of fused-ring (bicyclic) bond motifs is 3. The summed E-state index contributed by atoms with van der Waals surface area (Å²) in [6, 6.07) is 3.44. The monoisotopic (exact) mass is 422 g/mol. The molecule has 0 aromatic carbocycles. The smallest absolute Gasteiger partial charge is 0.251 e. The maximum Gasteiger partial charge on any atom is 0.251 e. The first-order valence-electron chi connectivity index (χ1n) is 11.0. The molecule has 8 nitrogen and oxygen atoms in total. The van der Waals surface area contributed by atoms with E-state index in [0.29, 0.717) is 24.5 Å². The normalized spacial score (nSPS) is 13.3. The fourth-order valence-electron chi connectivity index (χ4n) is 4.28. The van der Waals surface area contributed by atoms with Gasteiger partial charge in [-0.3, -0.25) is 9.78 Å². The first kappa shape index (κ1) is 21.2. The number of unbranched alkanes of at least 4 members (excludes halogenated alkanes) is 1. The molecule has 3 aromatic rings. The Balaban J connectivity index is 1.48. The number of ether oxygens (including phenoxy) is 1. The highest BCUT2D eigenvalue weighted by Crippen LogP contribution is 2.31. The van der Waals surface area contributed by atoms with E-state index in [-0.39, 0.29) is 5.91 Å². The Morgan fingerprint density at radius 1 is 1.19 bits per heavy atom. The van der Waals surface area contributed by atoms with Gasteiger partial charge in [-0.25, -0.2) is 9.97 Å². The van der Waals surface area contributed by atoms with Crippen molar-refractivity contribution in [1.82, 2.24) is 24.8 Å². The lowest BCUT2D eigenvalue weighted by molar-refractivity contribution is 0.0952. The van der Waals surface area contributed by atoms with E-state index < -0.39 is 0 Å². The average molecular weight is 423 g/mol. The van der Waals surface area contributed by atoms with Gasteiger partial charge in [0.05, 0.1) is 12.1 Å². The third-order valence-corrected chi connectivity index (χ3v) is 5.84. The highest BCUT2D eigenvalue weighted by Gasteiger charge is 2.22. The topological polar surface area (TPSA) is 108 Å². The number of aromatic nitrogens is 4. The number of methoxy groups -OCH3 is 1. The number of pyridine rings is 2. The van der Waals surface area contributed by atoms with Crippen LogP contribution in [0.1, 0.15) is 53.1 Å². The summed E-state index contributed by atoms with van der Waals surface area (Å²) in [5, 5.41) is 2.98. The van der Waals surface area contributed by atoms with E-state index in [9.17, 15) is 4.79 Å². The number of imidazole rings is 1. The summed E-state index contributed by atoms with van der Waals surface area (Å²) in [5.74, 6) is 1.45. The molecular weight excluding hydrogens is 392 g/mol. The first-order valence-corrected chi connectivity index (χ1v) is 11.0. The Morgan fingerprint density at radius 2 is 2.00 bits per heavy atom. The predicted octanol–water partition coefficient (Wildman–Crippen LogP) is 2.69. The molecule has 0 saturated carbocycles. The molecule has 0 spiro atoms. The number of anilines is 1. The maximum absolute atomic E-state index is 12.2. The molecule has 0 fully saturated rings. The minimum atomic E-state index is -0.0656. The SMILES string of the molecule is COCCc1nc2c(N)nc3c(c2n1CCCCNC(=O)c1ccncc1)CCCC3. The van der Waals surface area contributed by atoms with Gasteiger partial charge in [0.15, 0.2) is 5.82 Å². The fraction of sp³-hybridized carbons (Fsp3) is 0.478. The summed E-state index contributed by atoms with van der Waals surface area (Å²) in [4.78, 5) is 25.6. The van der Waals surface area contributed by atoms with Crippen molar-refractivity contribution in [2.24, 2.45) is 0 Å². The molecule has 8 heteroatoms. The molecule has 4 rings (SSSR count). The number of amides is 1. The largest absolute Gasteiger partial charge is 0.384 e. The Bertz CT molecular complexity index is 1050. The van der Waals surface area contributed by atoms with Crippen molar-refractivity contribution in [3.8, 4) is 0 Å². The number of rotatable bonds is 9. The highest BCUT2D eigenvalue weighted by atomic mass is 16.5. The number of nitrogens with zero attached hydrogens (tertiary/aromatic N) is 4. The maximum atomic E-state index is 12.2. The van der Waals surface area contributed by atoms with Crippen LogP contribution in [0.25, 0.3) is 11.0 Å². The molecule has 0 aliphatic heterocycles. The Kier molecular flexibility index (Phi) is 6.76. The molecule has 1 aliphatic carbocycles. The van der Waals surface area contributed by atoms with E-state index in [0.717, 1.165) is 67.6 Å². The van der Waals surface area contributed by atoms with Gasteiger partial charge < -0.3 is 20.4 Å². The molecule has 0 bridgehead atoms. The summed E-state index contributed by atoms with van der Waals surface area (Å²) in [5.41, 5.74) is 11.3. The number of hydrogen-bond acceptors (Lipinski definition) is 6. The molecule has 31 heavy (non-hydrogen) atoms. The van der Waals surface area contributed by atoms with Crippen molar-refractivity contribution in [1.29, 1.82) is 0 Å². The minimum Gasteiger partial charge on any atom is -0.384 e. The summed E-state index contributed by atoms with van der Waals surface area (Å²) >= 11 is 0. The van der Waals surface area contributed by atoms with Gasteiger partial charge in [-0.1, -0.05) is 0 Å². The summed E-state index contributed by atoms with van der Waals surface area (Å²) < 4.78 is 7.61. The molecule has 164 valence electrons. The van der Waals surface area contributed by atoms with Gasteiger partial charge in [0.1, 0.15) is 11.3 Å². The van der Waals surface area contributed by atoms with Crippen LogP contribution in [0.2, 0.25) is 0 Å². The third kappa shape index (κ3) is 4.69. The van der Waals surface area contributed by atoms with Crippen molar-refractivity contribution in [3.05, 3.63) is 47.2 Å². The van der Waals surface area contributed by atoms with Gasteiger partial charge in [-0.05, 0) is 56.2 Å². The Labute approximate surface area is 182 Å². The lowest BCUT2D eigenvalue weighted by atomic mass is 9.95. The van der Waals surface area contributed by atoms with Crippen LogP contribution in [0.5, 0.6) is 0 Å². The van der Waals surface area contributed by atoms with Crippen LogP contribution in [-0.2, 0) is 30.5 Å². The van der Waals surface area contributed by atoms with Crippen molar-refractivity contribution >= 4 is 22.8 Å². The van der Waals surface area contributed by atoms with Gasteiger partial charge in [-0.15, -0.1) is 0 Å². The highest BCUT2D eigenvalue weighted by molar-refractivity contribution is 5.94. The number of nitrogen functional groups attached to an aromatic ring is 1. The van der Waals surface area contributed by atoms with Crippen molar-refractivity contribution in [2.45, 2.75) is 51.5 Å². The number of carbonyl (C=O) groups is 1. The van der Waals surface area contributed by atoms with Crippen LogP contribution in [0.15, 0.2) is 24.5 Å². The summed E-state index contributed by atoms with van der Waals surface area (Å²) in [6.45, 7) is 2.07. The Hall–Kier alpha value is -3.00. The van der Waals surface area contributed by atoms with Gasteiger partial charge in [0.2, 0.25) is 0 Å². The van der Waals surface area contributed by atoms with Gasteiger partial charge >= 0.3 is 0 Å². The second-order valence-electron chi connectivity index (χ2n) is 7.95. The molecule has 1 aliphatic rings. The van der Waals surface area contributed by atoms with Crippen LogP contribution in [0.4, 0.5) is 5.82 Å². The Morgan fingerprint density at radius 3 is 2.81 bits per heavy atom. The number of nitrogens with one attached hydrogen (secondary N) is 1. The standard InChI is InChI=1S/C23H30N6O2/c1-31-15-10-19-28-20-21(17-6-2-3-7-18(17)27-22(20)24)29(19)14-5-4-11-26-23(30)16-8-12-25-13-9-16/h8-9,12-13H,2-7,10-11,14-15H2,1H3,(H2,24,27)(H,26,30). The lowest BCUT2D eigenvalue weighted by Gasteiger charge is -2.18. The summed E-state index contributed by atoms with van der Waals surface area (Å²) in [6.07, 6.45) is 10.1. The van der Waals surface area contributed by atoms with Crippen molar-refractivity contribution in [2.75, 3.05) is 26.0 Å². The molecule has 3 heterocycles. The van der Waals surface area contributed by atoms with Crippen LogP contribution in [0, 0.1) is 0 Å². The van der Waals surface area contributed by atoms with Crippen LogP contribution < -0.4 is 11.1 Å². The van der Waals surface area contributed by atoms with Crippen LogP contribution in [0.3, 0.4) is 0 Å². The number of hydrogen-bond donors (Lipinski definition) is 2. The summed E-state index contributed by atoms with van der Waals surface area (Å²) in [7, 11) is 1.70. The van der Waals surface area contributed by atoms with Crippen molar-refractivity contribution in [3.63, 3.8) is 0 Å². The third-order valence-electron chi connectivity index (χ3n) is 5.84. The second kappa shape index (κ2) is 9.87. The van der Waals surface area contributed by atoms with Crippen molar-refractivity contribution < 1.29 is 9.53 Å². The first-order chi connectivity index (χ1) is 15.2. The minimum absolute atomic E-state index is 0.0656. The van der Waals surface area contributed by atoms with E-state index in [1.165, 1.54) is 12.0 Å². The zero-order valence-corrected chi connectivity index (χ0v) is 18.1. The van der Waals surface area contributed by atoms with E-state index in [4.69, 9.17) is 15.5 Å². The molecule has 3 N–H and O–H groups in total. The van der Waals surface area contributed by atoms with E-state index >= 15 is 0 Å². The van der Waals surface area contributed by atoms with E-state index in [1.54, 1.807) is 31.6 Å². The van der Waals surface area contributed by atoms with Crippen LogP contribution in [-0.4, -0.2) is 45.7 Å². The molecular formula is C23H30N6O2. The molecule has 1 amide bonds. The zero-order valence-electron chi connectivity index (χ0n) is 18.1. The average Bonchev–Trinajstić information content (AvgIpc) is 3.17. The number of aryl methyl sites for hydroxylation is 3. The molecule has 0 unspecified atom stereocenters. The predicted molar refractivity (Wildman–Crippen MR) is 120 cm³/mol. The number of nitrogens with two attached hydrogens (primary N) is 1. The van der Waals surface area contributed by atoms with E-state index in [1.807, 2.05) is 0 Å². The zero-order chi connectivity index (χ0) is 21.6. The second-order valence-corrected chi connectivity index (χ2v) is 7.95. The molecule has 0 atom stereocenters. The van der Waals surface area contributed by atoms with Gasteiger partial charge in [0, 0.05) is 50.3 Å². The number of carbonyl (C=O) groups excluding carboxylic acids is 1. The molecule has 3 aromatic heterocycles. The van der Waals surface area contributed by atoms with Gasteiger partial charge in [0.25, 0.3) is 5.91 Å². The quantitative estimate of drug-likeness (QED) is 0.513. The van der Waals surface area contributed by atoms with E-state index in [2.05, 4.69) is 19.9 Å². The molecule has 0 radical (unpaired) electrons. The van der Waals surface area contributed by atoms with Crippen LogP contribution >= 0.6 is 0 Å². The fourth-order valence-corrected chi connectivity index (χ4v) is 4.28.